The third kappa shape index (κ3) is 5.50. The molecule has 1 unspecified atom stereocenters. The summed E-state index contributed by atoms with van der Waals surface area (Å²) in [5.74, 6) is 0.282. The summed E-state index contributed by atoms with van der Waals surface area (Å²) in [6, 6.07) is 0. The smallest absolute Gasteiger partial charge is 0.222 e. The van der Waals surface area contributed by atoms with Gasteiger partial charge in [-0.05, 0) is 39.3 Å². The van der Waals surface area contributed by atoms with Gasteiger partial charge in [-0.3, -0.25) is 4.79 Å². The molecule has 100 valence electrons. The van der Waals surface area contributed by atoms with Crippen LogP contribution in [0.3, 0.4) is 0 Å². The van der Waals surface area contributed by atoms with E-state index in [1.165, 1.54) is 0 Å². The van der Waals surface area contributed by atoms with Crippen LogP contribution in [0.1, 0.15) is 39.0 Å². The Morgan fingerprint density at radius 2 is 2.35 bits per heavy atom. The molecule has 0 radical (unpaired) electrons. The topological polar surface area (TPSA) is 41.6 Å². The average Bonchev–Trinajstić information content (AvgIpc) is 2.37. The van der Waals surface area contributed by atoms with E-state index in [4.69, 9.17) is 4.74 Å². The Balaban J connectivity index is 2.25. The van der Waals surface area contributed by atoms with Gasteiger partial charge in [0.1, 0.15) is 0 Å². The van der Waals surface area contributed by atoms with Crippen molar-refractivity contribution in [2.75, 3.05) is 33.3 Å². The van der Waals surface area contributed by atoms with E-state index in [1.807, 2.05) is 11.9 Å². The SMILES string of the molecule is CCCOC1CCCN(C(=O)CCCNC)C1. The van der Waals surface area contributed by atoms with Crippen LogP contribution in [0.25, 0.3) is 0 Å². The molecule has 4 nitrogen and oxygen atoms in total. The third-order valence-electron chi connectivity index (χ3n) is 3.11. The number of rotatable bonds is 7. The number of likely N-dealkylation sites (tertiary alicyclic amines) is 1. The fourth-order valence-corrected chi connectivity index (χ4v) is 2.16. The molecule has 1 saturated heterocycles. The molecule has 0 saturated carbocycles. The Bertz CT molecular complexity index is 221. The van der Waals surface area contributed by atoms with Gasteiger partial charge in [-0.15, -0.1) is 0 Å². The Kier molecular flexibility index (Phi) is 7.21. The molecule has 1 rings (SSSR count). The molecule has 1 heterocycles. The standard InChI is InChI=1S/C13H26N2O2/c1-3-10-17-12-6-5-9-15(11-12)13(16)7-4-8-14-2/h12,14H,3-11H2,1-2H3. The highest BCUT2D eigenvalue weighted by molar-refractivity contribution is 5.76. The summed E-state index contributed by atoms with van der Waals surface area (Å²) in [5.41, 5.74) is 0. The molecule has 0 aromatic heterocycles. The summed E-state index contributed by atoms with van der Waals surface area (Å²) in [7, 11) is 1.92. The van der Waals surface area contributed by atoms with Crippen LogP contribution in [0.4, 0.5) is 0 Å². The first-order chi connectivity index (χ1) is 8.27. The maximum absolute atomic E-state index is 11.9. The van der Waals surface area contributed by atoms with Crippen LogP contribution < -0.4 is 5.32 Å². The van der Waals surface area contributed by atoms with E-state index in [9.17, 15) is 4.79 Å². The van der Waals surface area contributed by atoms with Crippen LogP contribution in [0, 0.1) is 0 Å². The second-order valence-corrected chi connectivity index (χ2v) is 4.68. The lowest BCUT2D eigenvalue weighted by Crippen LogP contribution is -2.43. The number of nitrogens with one attached hydrogen (secondary N) is 1. The number of ether oxygens (including phenoxy) is 1. The van der Waals surface area contributed by atoms with Crippen molar-refractivity contribution in [1.82, 2.24) is 10.2 Å². The lowest BCUT2D eigenvalue weighted by Gasteiger charge is -2.32. The van der Waals surface area contributed by atoms with Gasteiger partial charge in [0.05, 0.1) is 6.10 Å². The maximum atomic E-state index is 11.9. The molecular formula is C13H26N2O2. The van der Waals surface area contributed by atoms with Crippen molar-refractivity contribution in [2.24, 2.45) is 0 Å². The fourth-order valence-electron chi connectivity index (χ4n) is 2.16. The van der Waals surface area contributed by atoms with E-state index in [0.717, 1.165) is 51.9 Å². The third-order valence-corrected chi connectivity index (χ3v) is 3.11. The summed E-state index contributed by atoms with van der Waals surface area (Å²) in [5, 5.41) is 3.07. The summed E-state index contributed by atoms with van der Waals surface area (Å²) in [4.78, 5) is 13.9. The number of amides is 1. The molecule has 0 aromatic carbocycles. The Labute approximate surface area is 105 Å². The van der Waals surface area contributed by atoms with Crippen LogP contribution in [0.2, 0.25) is 0 Å². The van der Waals surface area contributed by atoms with Crippen LogP contribution in [-0.2, 0) is 9.53 Å². The second-order valence-electron chi connectivity index (χ2n) is 4.68. The predicted octanol–water partition coefficient (Wildman–Crippen LogP) is 1.40. The van der Waals surface area contributed by atoms with E-state index >= 15 is 0 Å². The number of hydrogen-bond acceptors (Lipinski definition) is 3. The summed E-state index contributed by atoms with van der Waals surface area (Å²) < 4.78 is 5.73. The number of carbonyl (C=O) groups excluding carboxylic acids is 1. The highest BCUT2D eigenvalue weighted by atomic mass is 16.5. The lowest BCUT2D eigenvalue weighted by molar-refractivity contribution is -0.135. The van der Waals surface area contributed by atoms with E-state index < -0.39 is 0 Å². The number of nitrogens with zero attached hydrogens (tertiary/aromatic N) is 1. The van der Waals surface area contributed by atoms with E-state index in [0.29, 0.717) is 6.42 Å². The Morgan fingerprint density at radius 3 is 3.06 bits per heavy atom. The number of hydrogen-bond donors (Lipinski definition) is 1. The molecule has 1 atom stereocenters. The highest BCUT2D eigenvalue weighted by Crippen LogP contribution is 2.14. The number of piperidine rings is 1. The molecule has 1 aliphatic heterocycles. The second kappa shape index (κ2) is 8.48. The zero-order valence-corrected chi connectivity index (χ0v) is 11.2. The Morgan fingerprint density at radius 1 is 1.53 bits per heavy atom. The van der Waals surface area contributed by atoms with Crippen molar-refractivity contribution in [3.8, 4) is 0 Å². The zero-order valence-electron chi connectivity index (χ0n) is 11.2. The Hall–Kier alpha value is -0.610. The molecule has 1 fully saturated rings. The van der Waals surface area contributed by atoms with Gasteiger partial charge in [-0.1, -0.05) is 6.92 Å². The minimum Gasteiger partial charge on any atom is -0.376 e. The maximum Gasteiger partial charge on any atom is 0.222 e. The normalized spacial score (nSPS) is 20.6. The van der Waals surface area contributed by atoms with E-state index in [-0.39, 0.29) is 12.0 Å². The lowest BCUT2D eigenvalue weighted by atomic mass is 10.1. The van der Waals surface area contributed by atoms with Crippen LogP contribution >= 0.6 is 0 Å². The first-order valence-corrected chi connectivity index (χ1v) is 6.82. The molecule has 1 aliphatic rings. The van der Waals surface area contributed by atoms with Gasteiger partial charge in [0, 0.05) is 26.1 Å². The molecule has 0 aliphatic carbocycles. The molecule has 1 N–H and O–H groups in total. The van der Waals surface area contributed by atoms with Gasteiger partial charge in [0.2, 0.25) is 5.91 Å². The van der Waals surface area contributed by atoms with Crippen molar-refractivity contribution >= 4 is 5.91 Å². The van der Waals surface area contributed by atoms with Gasteiger partial charge in [0.15, 0.2) is 0 Å². The molecule has 0 bridgehead atoms. The van der Waals surface area contributed by atoms with Gasteiger partial charge in [-0.2, -0.15) is 0 Å². The van der Waals surface area contributed by atoms with Crippen molar-refractivity contribution in [3.05, 3.63) is 0 Å². The van der Waals surface area contributed by atoms with Crippen molar-refractivity contribution in [3.63, 3.8) is 0 Å². The molecule has 0 spiro atoms. The van der Waals surface area contributed by atoms with E-state index in [1.54, 1.807) is 0 Å². The molecular weight excluding hydrogens is 216 g/mol. The molecule has 17 heavy (non-hydrogen) atoms. The monoisotopic (exact) mass is 242 g/mol. The van der Waals surface area contributed by atoms with Gasteiger partial charge >= 0.3 is 0 Å². The van der Waals surface area contributed by atoms with Crippen LogP contribution in [-0.4, -0.2) is 50.2 Å². The largest absolute Gasteiger partial charge is 0.376 e. The first-order valence-electron chi connectivity index (χ1n) is 6.82. The fraction of sp³-hybridized carbons (Fsp3) is 0.923. The number of carbonyl (C=O) groups is 1. The highest BCUT2D eigenvalue weighted by Gasteiger charge is 2.23. The minimum absolute atomic E-state index is 0.261. The minimum atomic E-state index is 0.261. The molecule has 1 amide bonds. The zero-order chi connectivity index (χ0) is 12.5. The predicted molar refractivity (Wildman–Crippen MR) is 69.0 cm³/mol. The average molecular weight is 242 g/mol. The van der Waals surface area contributed by atoms with E-state index in [2.05, 4.69) is 12.2 Å². The van der Waals surface area contributed by atoms with Crippen molar-refractivity contribution in [2.45, 2.75) is 45.1 Å². The van der Waals surface area contributed by atoms with Gasteiger partial charge < -0.3 is 15.0 Å². The first kappa shape index (κ1) is 14.5. The molecule has 0 aromatic rings. The van der Waals surface area contributed by atoms with Crippen molar-refractivity contribution in [1.29, 1.82) is 0 Å². The molecule has 4 heteroatoms. The summed E-state index contributed by atoms with van der Waals surface area (Å²) in [6.07, 6.45) is 5.06. The van der Waals surface area contributed by atoms with Gasteiger partial charge in [-0.25, -0.2) is 0 Å². The van der Waals surface area contributed by atoms with Crippen LogP contribution in [0.5, 0.6) is 0 Å². The van der Waals surface area contributed by atoms with Gasteiger partial charge in [0.25, 0.3) is 0 Å². The van der Waals surface area contributed by atoms with Crippen molar-refractivity contribution < 1.29 is 9.53 Å². The van der Waals surface area contributed by atoms with Crippen LogP contribution in [0.15, 0.2) is 0 Å². The summed E-state index contributed by atoms with van der Waals surface area (Å²) >= 11 is 0. The summed E-state index contributed by atoms with van der Waals surface area (Å²) in [6.45, 7) is 5.54. The quantitative estimate of drug-likeness (QED) is 0.686.